The number of nitrogens with zero attached hydrogens (tertiary/aromatic N) is 2. The second-order valence-electron chi connectivity index (χ2n) is 3.44. The molecule has 1 unspecified atom stereocenters. The molecule has 0 aliphatic carbocycles. The van der Waals surface area contributed by atoms with Crippen molar-refractivity contribution in [2.45, 2.75) is 0 Å². The molecule has 1 N–H and O–H groups in total. The van der Waals surface area contributed by atoms with E-state index in [4.69, 9.17) is 10.0 Å². The Morgan fingerprint density at radius 3 is 2.40 bits per heavy atom. The minimum Gasteiger partial charge on any atom is -0.304 e. The zero-order chi connectivity index (χ0) is 7.83. The average Bonchev–Trinajstić information content (AvgIpc) is 2.43. The van der Waals surface area contributed by atoms with Gasteiger partial charge < -0.3 is 4.48 Å². The van der Waals surface area contributed by atoms with Crippen LogP contribution in [-0.4, -0.2) is 49.3 Å². The molecule has 1 aliphatic rings. The minimum atomic E-state index is -0.685. The average molecular weight is 150 g/mol. The van der Waals surface area contributed by atoms with E-state index in [-0.39, 0.29) is 6.73 Å². The van der Waals surface area contributed by atoms with Gasteiger partial charge in [-0.05, 0) is 0 Å². The molecule has 5 nitrogen and oxygen atoms in total. The smallest absolute Gasteiger partial charge is 0.304 e. The molecule has 0 radical (unpaired) electrons. The molecule has 1 heterocycles. The van der Waals surface area contributed by atoms with Crippen LogP contribution in [0.3, 0.4) is 0 Å². The van der Waals surface area contributed by atoms with Crippen molar-refractivity contribution in [3.8, 4) is 0 Å². The third-order valence-electron chi connectivity index (χ3n) is 0.997. The molecule has 0 amide bonds. The van der Waals surface area contributed by atoms with E-state index < -0.39 is 4.97 Å². The fourth-order valence-electron chi connectivity index (χ4n) is 0.387. The van der Waals surface area contributed by atoms with E-state index in [2.05, 4.69) is 4.84 Å². The van der Waals surface area contributed by atoms with E-state index in [1.165, 1.54) is 0 Å². The quantitative estimate of drug-likeness (QED) is 0.341. The van der Waals surface area contributed by atoms with E-state index in [9.17, 15) is 0 Å². The van der Waals surface area contributed by atoms with E-state index >= 15 is 0 Å². The molecule has 0 aromatic rings. The third kappa shape index (κ3) is 2.59. The van der Waals surface area contributed by atoms with Gasteiger partial charge in [0.15, 0.2) is 0 Å². The van der Waals surface area contributed by atoms with Crippen molar-refractivity contribution in [2.75, 3.05) is 34.6 Å². The SMILES string of the molecule is C[N+](C)(C)CO[N+]1(O)CO1. The van der Waals surface area contributed by atoms with Crippen LogP contribution in [0.5, 0.6) is 0 Å². The second-order valence-corrected chi connectivity index (χ2v) is 3.44. The Morgan fingerprint density at radius 1 is 1.60 bits per heavy atom. The first-order valence-corrected chi connectivity index (χ1v) is 3.12. The maximum absolute atomic E-state index is 8.98. The molecular weight excluding hydrogens is 136 g/mol. The van der Waals surface area contributed by atoms with Gasteiger partial charge in [-0.15, -0.1) is 5.21 Å². The molecule has 10 heavy (non-hydrogen) atoms. The highest BCUT2D eigenvalue weighted by Gasteiger charge is 2.51. The van der Waals surface area contributed by atoms with Crippen LogP contribution in [0.1, 0.15) is 0 Å². The Balaban J connectivity index is 2.17. The second kappa shape index (κ2) is 2.14. The molecule has 0 aromatic heterocycles. The molecule has 1 rings (SSSR count). The zero-order valence-corrected chi connectivity index (χ0v) is 6.57. The predicted molar refractivity (Wildman–Crippen MR) is 32.0 cm³/mol. The summed E-state index contributed by atoms with van der Waals surface area (Å²) in [4.78, 5) is 8.82. The molecule has 0 aromatic carbocycles. The Hall–Kier alpha value is -0.200. The topological polar surface area (TPSA) is 42.0 Å². The Bertz CT molecular complexity index is 122. The molecule has 1 atom stereocenters. The van der Waals surface area contributed by atoms with Crippen LogP contribution in [0.2, 0.25) is 0 Å². The lowest BCUT2D eigenvalue weighted by Crippen LogP contribution is -2.40. The number of hydroxylamine groups is 3. The first kappa shape index (κ1) is 7.90. The van der Waals surface area contributed by atoms with Crippen LogP contribution in [0.4, 0.5) is 0 Å². The van der Waals surface area contributed by atoms with Gasteiger partial charge in [0.1, 0.15) is 4.97 Å². The fraction of sp³-hybridized carbons (Fsp3) is 1.00. The van der Waals surface area contributed by atoms with Gasteiger partial charge in [-0.3, -0.25) is 0 Å². The van der Waals surface area contributed by atoms with Crippen molar-refractivity contribution < 1.29 is 24.3 Å². The molecular formula is C5H14N2O3+2. The lowest BCUT2D eigenvalue weighted by molar-refractivity contribution is -1.25. The minimum absolute atomic E-state index is 0.236. The number of quaternary nitrogens is 2. The Morgan fingerprint density at radius 2 is 2.10 bits per heavy atom. The first-order valence-electron chi connectivity index (χ1n) is 3.12. The summed E-state index contributed by atoms with van der Waals surface area (Å²) in [7, 11) is 5.90. The van der Waals surface area contributed by atoms with Gasteiger partial charge in [-0.1, -0.05) is 9.68 Å². The third-order valence-corrected chi connectivity index (χ3v) is 0.997. The monoisotopic (exact) mass is 150 g/mol. The number of hydrogen-bond donors (Lipinski definition) is 1. The Kier molecular flexibility index (Phi) is 1.69. The summed E-state index contributed by atoms with van der Waals surface area (Å²) < 4.78 is 0.643. The largest absolute Gasteiger partial charge is 0.338 e. The van der Waals surface area contributed by atoms with Crippen molar-refractivity contribution in [1.82, 2.24) is 0 Å². The lowest BCUT2D eigenvalue weighted by atomic mass is 10.7. The Labute approximate surface area is 60.0 Å². The van der Waals surface area contributed by atoms with Gasteiger partial charge in [0.2, 0.25) is 6.73 Å². The fourth-order valence-corrected chi connectivity index (χ4v) is 0.387. The van der Waals surface area contributed by atoms with Crippen LogP contribution in [-0.2, 0) is 9.68 Å². The normalized spacial score (nSPS) is 32.4. The predicted octanol–water partition coefficient (Wildman–Crippen LogP) is -0.310. The molecule has 0 spiro atoms. The molecule has 1 saturated heterocycles. The van der Waals surface area contributed by atoms with E-state index in [0.717, 1.165) is 0 Å². The molecule has 5 heteroatoms. The van der Waals surface area contributed by atoms with Crippen molar-refractivity contribution in [3.05, 3.63) is 0 Å². The maximum Gasteiger partial charge on any atom is 0.338 e. The van der Waals surface area contributed by atoms with Crippen LogP contribution in [0.25, 0.3) is 0 Å². The zero-order valence-electron chi connectivity index (χ0n) is 6.57. The van der Waals surface area contributed by atoms with Gasteiger partial charge in [0, 0.05) is 0 Å². The van der Waals surface area contributed by atoms with Gasteiger partial charge in [0.05, 0.1) is 21.1 Å². The summed E-state index contributed by atoms with van der Waals surface area (Å²) in [6.45, 7) is 0.663. The molecule has 0 bridgehead atoms. The summed E-state index contributed by atoms with van der Waals surface area (Å²) in [5.41, 5.74) is 0. The molecule has 1 aliphatic heterocycles. The van der Waals surface area contributed by atoms with Crippen LogP contribution < -0.4 is 0 Å². The van der Waals surface area contributed by atoms with Crippen molar-refractivity contribution in [2.24, 2.45) is 0 Å². The van der Waals surface area contributed by atoms with Gasteiger partial charge in [-0.25, -0.2) is 0 Å². The van der Waals surface area contributed by atoms with Crippen LogP contribution in [0.15, 0.2) is 0 Å². The lowest BCUT2D eigenvalue weighted by Gasteiger charge is -2.21. The van der Waals surface area contributed by atoms with Crippen molar-refractivity contribution >= 4 is 0 Å². The van der Waals surface area contributed by atoms with Crippen molar-refractivity contribution in [1.29, 1.82) is 0 Å². The summed E-state index contributed by atoms with van der Waals surface area (Å²) in [6.07, 6.45) is 0. The highest BCUT2D eigenvalue weighted by Crippen LogP contribution is 2.19. The van der Waals surface area contributed by atoms with E-state index in [1.54, 1.807) is 0 Å². The standard InChI is InChI=1S/C5H14N2O3/c1-6(2,3)4-9-7(8)5-10-7/h8H,4-5H2,1-3H3/q+2. The number of rotatable bonds is 3. The van der Waals surface area contributed by atoms with Crippen LogP contribution in [0, 0.1) is 0 Å². The van der Waals surface area contributed by atoms with Crippen LogP contribution >= 0.6 is 0 Å². The van der Waals surface area contributed by atoms with Crippen molar-refractivity contribution in [3.63, 3.8) is 0 Å². The van der Waals surface area contributed by atoms with E-state index in [0.29, 0.717) is 11.2 Å². The van der Waals surface area contributed by atoms with Gasteiger partial charge in [-0.2, -0.15) is 0 Å². The number of hydrogen-bond acceptors (Lipinski definition) is 3. The first-order chi connectivity index (χ1) is 4.41. The van der Waals surface area contributed by atoms with Gasteiger partial charge >= 0.3 is 6.73 Å². The molecule has 1 fully saturated rings. The molecule has 0 saturated carbocycles. The summed E-state index contributed by atoms with van der Waals surface area (Å²) in [5.74, 6) is 0. The highest BCUT2D eigenvalue weighted by atomic mass is 17.3. The summed E-state index contributed by atoms with van der Waals surface area (Å²) >= 11 is 0. The van der Waals surface area contributed by atoms with Gasteiger partial charge in [0.25, 0.3) is 0 Å². The van der Waals surface area contributed by atoms with E-state index in [1.807, 2.05) is 21.1 Å². The molecule has 60 valence electrons. The summed E-state index contributed by atoms with van der Waals surface area (Å²) in [6, 6.07) is 0. The highest BCUT2D eigenvalue weighted by molar-refractivity contribution is 4.01. The maximum atomic E-state index is 8.98. The summed E-state index contributed by atoms with van der Waals surface area (Å²) in [5, 5.41) is 8.98.